The Bertz CT molecular complexity index is 657. The number of rotatable bonds is 3. The van der Waals surface area contributed by atoms with Gasteiger partial charge in [0.25, 0.3) is 0 Å². The van der Waals surface area contributed by atoms with Crippen LogP contribution in [0.1, 0.15) is 84.5 Å². The normalized spacial score (nSPS) is 24.3. The first-order valence-electron chi connectivity index (χ1n) is 12.1. The van der Waals surface area contributed by atoms with E-state index >= 15 is 0 Å². The second-order valence-electron chi connectivity index (χ2n) is 8.83. The largest absolute Gasteiger partial charge is 0.262 e. The molecular weight excluding hydrogens is 352 g/mol. The maximum absolute atomic E-state index is 5.30. The molecule has 1 aromatic carbocycles. The molecule has 1 aromatic rings. The summed E-state index contributed by atoms with van der Waals surface area (Å²) in [7, 11) is 0. The van der Waals surface area contributed by atoms with Crippen molar-refractivity contribution < 1.29 is 0 Å². The van der Waals surface area contributed by atoms with E-state index < -0.39 is 0 Å². The van der Waals surface area contributed by atoms with Gasteiger partial charge in [-0.15, -0.1) is 0 Å². The smallest absolute Gasteiger partial charge is 0.0597 e. The maximum Gasteiger partial charge on any atom is 0.0597 e. The summed E-state index contributed by atoms with van der Waals surface area (Å²) in [5.41, 5.74) is 2.68. The van der Waals surface area contributed by atoms with E-state index in [1.165, 1.54) is 82.0 Å². The minimum absolute atomic E-state index is 0.431. The van der Waals surface area contributed by atoms with Crippen molar-refractivity contribution in [3.63, 3.8) is 0 Å². The van der Waals surface area contributed by atoms with Crippen molar-refractivity contribution in [3.8, 4) is 0 Å². The van der Waals surface area contributed by atoms with Crippen LogP contribution in [0, 0.1) is 11.8 Å². The van der Waals surface area contributed by atoms with E-state index in [0.717, 1.165) is 0 Å². The summed E-state index contributed by atoms with van der Waals surface area (Å²) in [6.45, 7) is 4.71. The van der Waals surface area contributed by atoms with Crippen molar-refractivity contribution in [2.75, 3.05) is 5.01 Å². The molecule has 158 valence electrons. The van der Waals surface area contributed by atoms with Crippen molar-refractivity contribution >= 4 is 11.4 Å². The standard InChI is InChI=1S/C27H40N2/c1-3-26-23(2)29(25-21-17-13-9-6-10-14-18-22-25)28-27(26)24-19-15-11-7-4-5-8-12-16-20-24/h6,9-10,13-14,17-18,21-24,26H,3-5,7-8,11-12,15-16,19-20H2,1-2H3. The summed E-state index contributed by atoms with van der Waals surface area (Å²) < 4.78 is 0. The molecule has 1 saturated carbocycles. The van der Waals surface area contributed by atoms with Crippen molar-refractivity contribution in [3.05, 3.63) is 54.6 Å². The zero-order valence-electron chi connectivity index (χ0n) is 18.6. The molecule has 2 aliphatic rings. The molecule has 0 aromatic heterocycles. The summed E-state index contributed by atoms with van der Waals surface area (Å²) in [4.78, 5) is 0. The lowest BCUT2D eigenvalue weighted by molar-refractivity contribution is 0.478. The van der Waals surface area contributed by atoms with Gasteiger partial charge in [0, 0.05) is 11.6 Å². The van der Waals surface area contributed by atoms with Crippen LogP contribution in [0.15, 0.2) is 59.7 Å². The molecule has 0 saturated heterocycles. The number of anilines is 1. The first-order chi connectivity index (χ1) is 14.3. The lowest BCUT2D eigenvalue weighted by Crippen LogP contribution is -2.31. The van der Waals surface area contributed by atoms with Crippen LogP contribution in [0.25, 0.3) is 0 Å². The van der Waals surface area contributed by atoms with Gasteiger partial charge in [0.2, 0.25) is 0 Å². The van der Waals surface area contributed by atoms with E-state index in [2.05, 4.69) is 73.5 Å². The average Bonchev–Trinajstić information content (AvgIpc) is 3.03. The summed E-state index contributed by atoms with van der Waals surface area (Å²) >= 11 is 0. The molecular formula is C27H40N2. The molecule has 1 aliphatic carbocycles. The number of hydrogen-bond acceptors (Lipinski definition) is 2. The molecule has 2 heteroatoms. The molecule has 29 heavy (non-hydrogen) atoms. The highest BCUT2D eigenvalue weighted by Gasteiger charge is 2.36. The topological polar surface area (TPSA) is 15.6 Å². The lowest BCUT2D eigenvalue weighted by Gasteiger charge is -2.25. The Morgan fingerprint density at radius 2 is 1.24 bits per heavy atom. The van der Waals surface area contributed by atoms with Crippen LogP contribution < -0.4 is 5.01 Å². The number of hydrazone groups is 1. The highest BCUT2D eigenvalue weighted by atomic mass is 15.5. The van der Waals surface area contributed by atoms with Crippen LogP contribution in [-0.2, 0) is 0 Å². The second-order valence-corrected chi connectivity index (χ2v) is 8.83. The number of hydrogen-bond donors (Lipinski definition) is 0. The minimum Gasteiger partial charge on any atom is -0.262 e. The molecule has 1 aliphatic heterocycles. The van der Waals surface area contributed by atoms with Crippen LogP contribution in [0.2, 0.25) is 0 Å². The van der Waals surface area contributed by atoms with Crippen molar-refractivity contribution in [1.82, 2.24) is 0 Å². The summed E-state index contributed by atoms with van der Waals surface area (Å²) in [6.07, 6.45) is 15.1. The SMILES string of the molecule is CCC1C(C2CCCCCCCCCC2)=NN(c2ccccccccc2)C1C. The highest BCUT2D eigenvalue weighted by Crippen LogP contribution is 2.35. The van der Waals surface area contributed by atoms with Gasteiger partial charge in [0.1, 0.15) is 0 Å². The predicted molar refractivity (Wildman–Crippen MR) is 127 cm³/mol. The van der Waals surface area contributed by atoms with Crippen LogP contribution in [0.4, 0.5) is 5.69 Å². The van der Waals surface area contributed by atoms with Crippen LogP contribution in [-0.4, -0.2) is 11.8 Å². The van der Waals surface area contributed by atoms with E-state index in [4.69, 9.17) is 5.10 Å². The van der Waals surface area contributed by atoms with Gasteiger partial charge in [-0.1, -0.05) is 101 Å². The Hall–Kier alpha value is -1.83. The average molecular weight is 393 g/mol. The zero-order chi connectivity index (χ0) is 20.3. The van der Waals surface area contributed by atoms with Crippen LogP contribution >= 0.6 is 0 Å². The molecule has 0 spiro atoms. The van der Waals surface area contributed by atoms with E-state index in [0.29, 0.717) is 17.9 Å². The minimum atomic E-state index is 0.431. The molecule has 2 nitrogen and oxygen atoms in total. The molecule has 0 bridgehead atoms. The highest BCUT2D eigenvalue weighted by molar-refractivity contribution is 5.93. The Morgan fingerprint density at radius 3 is 1.76 bits per heavy atom. The Balaban J connectivity index is 1.86. The Morgan fingerprint density at radius 1 is 0.759 bits per heavy atom. The van der Waals surface area contributed by atoms with Gasteiger partial charge >= 0.3 is 0 Å². The van der Waals surface area contributed by atoms with Gasteiger partial charge < -0.3 is 0 Å². The fourth-order valence-corrected chi connectivity index (χ4v) is 5.05. The molecule has 1 fully saturated rings. The van der Waals surface area contributed by atoms with E-state index in [-0.39, 0.29) is 0 Å². The van der Waals surface area contributed by atoms with Crippen LogP contribution in [0.5, 0.6) is 0 Å². The zero-order valence-corrected chi connectivity index (χ0v) is 18.6. The monoisotopic (exact) mass is 392 g/mol. The van der Waals surface area contributed by atoms with Crippen molar-refractivity contribution in [1.29, 1.82) is 0 Å². The molecule has 2 atom stereocenters. The predicted octanol–water partition coefficient (Wildman–Crippen LogP) is 7.93. The fraction of sp³-hybridized carbons (Fsp3) is 0.593. The molecule has 2 unspecified atom stereocenters. The lowest BCUT2D eigenvalue weighted by atomic mass is 9.81. The van der Waals surface area contributed by atoms with Gasteiger partial charge in [0.15, 0.2) is 0 Å². The van der Waals surface area contributed by atoms with Crippen molar-refractivity contribution in [2.45, 2.75) is 90.5 Å². The molecule has 0 radical (unpaired) electrons. The fourth-order valence-electron chi connectivity index (χ4n) is 5.05. The second kappa shape index (κ2) is 12.0. The molecule has 0 N–H and O–H groups in total. The van der Waals surface area contributed by atoms with E-state index in [1.54, 1.807) is 0 Å². The van der Waals surface area contributed by atoms with Gasteiger partial charge in [-0.3, -0.25) is 5.01 Å². The summed E-state index contributed by atoms with van der Waals surface area (Å²) in [5, 5.41) is 7.60. The summed E-state index contributed by atoms with van der Waals surface area (Å²) in [6, 6.07) is 19.5. The number of nitrogens with zero attached hydrogens (tertiary/aromatic N) is 2. The van der Waals surface area contributed by atoms with Gasteiger partial charge in [-0.05, 0) is 44.2 Å². The first-order valence-corrected chi connectivity index (χ1v) is 12.1. The first kappa shape index (κ1) is 21.9. The van der Waals surface area contributed by atoms with Gasteiger partial charge in [-0.25, -0.2) is 0 Å². The summed E-state index contributed by atoms with van der Waals surface area (Å²) in [5.74, 6) is 1.25. The Kier molecular flexibility index (Phi) is 9.05. The van der Waals surface area contributed by atoms with E-state index in [9.17, 15) is 0 Å². The van der Waals surface area contributed by atoms with Gasteiger partial charge in [-0.2, -0.15) is 5.10 Å². The molecule has 0 amide bonds. The Labute approximate surface area is 178 Å². The van der Waals surface area contributed by atoms with E-state index in [1.807, 2.05) is 0 Å². The van der Waals surface area contributed by atoms with Crippen LogP contribution in [0.3, 0.4) is 0 Å². The quantitative estimate of drug-likeness (QED) is 0.510. The maximum atomic E-state index is 5.30. The molecule has 3 rings (SSSR count). The van der Waals surface area contributed by atoms with Gasteiger partial charge in [0.05, 0.1) is 11.7 Å². The third kappa shape index (κ3) is 6.32. The van der Waals surface area contributed by atoms with Crippen molar-refractivity contribution in [2.24, 2.45) is 16.9 Å². The molecule has 1 heterocycles. The third-order valence-electron chi connectivity index (χ3n) is 6.75. The third-order valence-corrected chi connectivity index (χ3v) is 6.75.